The van der Waals surface area contributed by atoms with Gasteiger partial charge in [0.2, 0.25) is 0 Å². The molecule has 0 heterocycles. The molecule has 0 aromatic carbocycles. The van der Waals surface area contributed by atoms with E-state index in [0.29, 0.717) is 0 Å². The van der Waals surface area contributed by atoms with Crippen molar-refractivity contribution in [2.45, 2.75) is 0 Å². The zero-order chi connectivity index (χ0) is 4.12. The van der Waals surface area contributed by atoms with E-state index in [2.05, 4.69) is 4.74 Å². The summed E-state index contributed by atoms with van der Waals surface area (Å²) in [6.07, 6.45) is 0. The summed E-state index contributed by atoms with van der Waals surface area (Å²) in [4.78, 5) is 17.9. The van der Waals surface area contributed by atoms with E-state index >= 15 is 0 Å². The van der Waals surface area contributed by atoms with Gasteiger partial charge in [-0.25, -0.2) is 0 Å². The van der Waals surface area contributed by atoms with Crippen molar-refractivity contribution in [2.24, 2.45) is 0 Å². The first-order chi connectivity index (χ1) is 2.41. The van der Waals surface area contributed by atoms with Crippen molar-refractivity contribution in [1.82, 2.24) is 0 Å². The molecule has 4 heteroatoms. The van der Waals surface area contributed by atoms with E-state index in [-0.39, 0.29) is 65.8 Å². The van der Waals surface area contributed by atoms with Crippen molar-refractivity contribution in [3.8, 4) is 0 Å². The summed E-state index contributed by atoms with van der Waals surface area (Å²) in [5.74, 6) is 0. The molecule has 0 aliphatic heterocycles. The van der Waals surface area contributed by atoms with Crippen LogP contribution in [-0.2, 0) is 14.3 Å². The Morgan fingerprint density at radius 3 is 1.67 bits per heavy atom. The third kappa shape index (κ3) is 8.84. The van der Waals surface area contributed by atoms with Crippen molar-refractivity contribution in [3.05, 3.63) is 0 Å². The summed E-state index contributed by atoms with van der Waals surface area (Å²) in [5.41, 5.74) is 0. The number of rotatable bonds is 2. The second-order valence-corrected chi connectivity index (χ2v) is 0.329. The van der Waals surface area contributed by atoms with Crippen LogP contribution in [0.2, 0.25) is 0 Å². The molecule has 0 bridgehead atoms. The Kier molecular flexibility index (Phi) is 15.3. The standard InChI is InChI=1S/C2H2O3.K.H/c3-1-5-2-4;;/h1-2H;;/q;+1;-1. The van der Waals surface area contributed by atoms with Gasteiger partial charge in [-0.05, 0) is 0 Å². The predicted octanol–water partition coefficient (Wildman–Crippen LogP) is -3.57. The summed E-state index contributed by atoms with van der Waals surface area (Å²) in [6, 6.07) is 0. The Hall–Kier alpha value is 0.776. The van der Waals surface area contributed by atoms with Gasteiger partial charge >= 0.3 is 64.3 Å². The summed E-state index contributed by atoms with van der Waals surface area (Å²) in [5, 5.41) is 0. The van der Waals surface area contributed by atoms with Gasteiger partial charge in [-0.1, -0.05) is 0 Å². The summed E-state index contributed by atoms with van der Waals surface area (Å²) in [6.45, 7) is 0.125. The first kappa shape index (κ1) is 9.91. The number of carbonyl (C=O) groups excluding carboxylic acids is 2. The van der Waals surface area contributed by atoms with Gasteiger partial charge in [0.1, 0.15) is 0 Å². The molecule has 0 fully saturated rings. The fourth-order valence-electron chi connectivity index (χ4n) is 0.0227. The zero-order valence-corrected chi connectivity index (χ0v) is 6.50. The molecule has 0 aliphatic rings. The molecule has 0 saturated heterocycles. The molecule has 0 aromatic heterocycles. The Labute approximate surface area is 78.9 Å². The van der Waals surface area contributed by atoms with Gasteiger partial charge in [-0.15, -0.1) is 0 Å². The van der Waals surface area contributed by atoms with E-state index in [0.717, 1.165) is 0 Å². The molecule has 0 rings (SSSR count). The van der Waals surface area contributed by atoms with Crippen LogP contribution in [0.1, 0.15) is 1.43 Å². The fourth-order valence-corrected chi connectivity index (χ4v) is 0.0227. The maximum absolute atomic E-state index is 8.95. The SMILES string of the molecule is O=COC=O.[H-].[K+]. The van der Waals surface area contributed by atoms with Crippen molar-refractivity contribution in [3.63, 3.8) is 0 Å². The largest absolute Gasteiger partial charge is 1.00 e. The number of carbonyl (C=O) groups is 2. The molecule has 0 N–H and O–H groups in total. The van der Waals surface area contributed by atoms with Crippen LogP contribution in [0.15, 0.2) is 0 Å². The van der Waals surface area contributed by atoms with Crippen molar-refractivity contribution < 1.29 is 67.1 Å². The molecule has 0 aromatic rings. The van der Waals surface area contributed by atoms with Crippen LogP contribution in [0.5, 0.6) is 0 Å². The topological polar surface area (TPSA) is 43.4 Å². The summed E-state index contributed by atoms with van der Waals surface area (Å²) in [7, 11) is 0. The maximum atomic E-state index is 8.95. The second kappa shape index (κ2) is 9.24. The molecule has 0 spiro atoms. The normalized spacial score (nSPS) is 4.67. The molecule has 30 valence electrons. The van der Waals surface area contributed by atoms with E-state index < -0.39 is 0 Å². The predicted molar refractivity (Wildman–Crippen MR) is 14.3 cm³/mol. The Balaban J connectivity index is -0.0000000800. The molecule has 0 unspecified atom stereocenters. The zero-order valence-electron chi connectivity index (χ0n) is 4.38. The molecule has 0 aliphatic carbocycles. The van der Waals surface area contributed by atoms with Gasteiger partial charge in [0, 0.05) is 0 Å². The van der Waals surface area contributed by atoms with Crippen LogP contribution < -0.4 is 51.4 Å². The van der Waals surface area contributed by atoms with E-state index in [1.165, 1.54) is 0 Å². The van der Waals surface area contributed by atoms with E-state index in [4.69, 9.17) is 9.59 Å². The minimum atomic E-state index is 0. The Morgan fingerprint density at radius 2 is 1.67 bits per heavy atom. The van der Waals surface area contributed by atoms with Gasteiger partial charge in [0.25, 0.3) is 0 Å². The first-order valence-corrected chi connectivity index (χ1v) is 0.943. The molecule has 3 nitrogen and oxygen atoms in total. The minimum absolute atomic E-state index is 0. The first-order valence-electron chi connectivity index (χ1n) is 0.943. The van der Waals surface area contributed by atoms with E-state index in [1.807, 2.05) is 0 Å². The molecular formula is C2H3KO3. The number of hydrogen-bond acceptors (Lipinski definition) is 3. The van der Waals surface area contributed by atoms with E-state index in [1.54, 1.807) is 0 Å². The number of ether oxygens (including phenoxy) is 1. The van der Waals surface area contributed by atoms with Crippen LogP contribution in [0, 0.1) is 0 Å². The monoisotopic (exact) mass is 114 g/mol. The van der Waals surface area contributed by atoms with Crippen LogP contribution in [-0.4, -0.2) is 12.9 Å². The molecular weight excluding hydrogens is 111 g/mol. The van der Waals surface area contributed by atoms with Crippen molar-refractivity contribution >= 4 is 12.9 Å². The Bertz CT molecular complexity index is 42.2. The fraction of sp³-hybridized carbons (Fsp3) is 0. The average molecular weight is 114 g/mol. The van der Waals surface area contributed by atoms with Crippen molar-refractivity contribution in [1.29, 1.82) is 0 Å². The third-order valence-corrected chi connectivity index (χ3v) is 0.111. The third-order valence-electron chi connectivity index (χ3n) is 0.111. The summed E-state index contributed by atoms with van der Waals surface area (Å²) >= 11 is 0. The van der Waals surface area contributed by atoms with E-state index in [9.17, 15) is 0 Å². The maximum Gasteiger partial charge on any atom is 1.00 e. The molecule has 6 heavy (non-hydrogen) atoms. The van der Waals surface area contributed by atoms with Crippen LogP contribution >= 0.6 is 0 Å². The molecule has 0 radical (unpaired) electrons. The summed E-state index contributed by atoms with van der Waals surface area (Å²) < 4.78 is 3.47. The van der Waals surface area contributed by atoms with Gasteiger partial charge < -0.3 is 6.16 Å². The van der Waals surface area contributed by atoms with Gasteiger partial charge in [-0.3, -0.25) is 9.59 Å². The van der Waals surface area contributed by atoms with Gasteiger partial charge in [-0.2, -0.15) is 0 Å². The van der Waals surface area contributed by atoms with Crippen LogP contribution in [0.3, 0.4) is 0 Å². The van der Waals surface area contributed by atoms with Gasteiger partial charge in [0.05, 0.1) is 0 Å². The smallest absolute Gasteiger partial charge is 1.00 e. The Morgan fingerprint density at radius 1 is 1.33 bits per heavy atom. The van der Waals surface area contributed by atoms with Gasteiger partial charge in [0.15, 0.2) is 0 Å². The molecule has 0 atom stereocenters. The molecule has 0 amide bonds. The van der Waals surface area contributed by atoms with Crippen LogP contribution in [0.25, 0.3) is 0 Å². The van der Waals surface area contributed by atoms with Crippen LogP contribution in [0.4, 0.5) is 0 Å². The van der Waals surface area contributed by atoms with Crippen molar-refractivity contribution in [2.75, 3.05) is 0 Å². The molecule has 0 saturated carbocycles. The second-order valence-electron chi connectivity index (χ2n) is 0.329. The average Bonchev–Trinajstić information content (AvgIpc) is 1.41. The quantitative estimate of drug-likeness (QED) is 0.212. The minimum Gasteiger partial charge on any atom is -1.00 e. The number of hydrogen-bond donors (Lipinski definition) is 0.